The van der Waals surface area contributed by atoms with E-state index in [-0.39, 0.29) is 23.7 Å². The minimum Gasteiger partial charge on any atom is -0.367 e. The second-order valence-electron chi connectivity index (χ2n) is 6.69. The largest absolute Gasteiger partial charge is 0.367 e. The van der Waals surface area contributed by atoms with E-state index in [4.69, 9.17) is 0 Å². The number of nitrogens with zero attached hydrogens (tertiary/aromatic N) is 1. The molecule has 1 aromatic rings. The molecular weight excluding hydrogens is 264 g/mol. The lowest BCUT2D eigenvalue weighted by molar-refractivity contribution is -0.140. The lowest BCUT2D eigenvalue weighted by Gasteiger charge is -2.19. The third kappa shape index (κ3) is 1.88. The van der Waals surface area contributed by atoms with Crippen LogP contribution in [0.15, 0.2) is 24.3 Å². The average Bonchev–Trinajstić information content (AvgIpc) is 3.14. The zero-order chi connectivity index (χ0) is 14.6. The van der Waals surface area contributed by atoms with Gasteiger partial charge in [-0.1, -0.05) is 17.7 Å². The second kappa shape index (κ2) is 4.58. The summed E-state index contributed by atoms with van der Waals surface area (Å²) >= 11 is 0. The summed E-state index contributed by atoms with van der Waals surface area (Å²) in [5.74, 6) is 0.988. The molecule has 0 radical (unpaired) electrons. The third-order valence-electron chi connectivity index (χ3n) is 5.51. The van der Waals surface area contributed by atoms with E-state index in [1.807, 2.05) is 31.2 Å². The van der Waals surface area contributed by atoms with E-state index >= 15 is 0 Å². The normalized spacial score (nSPS) is 33.7. The molecule has 4 heteroatoms. The Balaban J connectivity index is 1.48. The van der Waals surface area contributed by atoms with E-state index in [9.17, 15) is 9.59 Å². The molecule has 110 valence electrons. The molecule has 4 rings (SSSR count). The maximum atomic E-state index is 12.5. The Hall–Kier alpha value is -1.84. The van der Waals surface area contributed by atoms with Gasteiger partial charge >= 0.3 is 0 Å². The standard InChI is InChI=1S/C17H20N2O2/c1-10-2-6-13(7-3-10)18-9-19-16(20)14-11-4-5-12(8-11)15(14)17(19)21/h2-3,6-7,11-12,14-15,18H,4-5,8-9H2,1H3/t11-,12-,14+,15+/m0/s1. The molecule has 4 nitrogen and oxygen atoms in total. The van der Waals surface area contributed by atoms with Crippen molar-refractivity contribution in [1.29, 1.82) is 0 Å². The summed E-state index contributed by atoms with van der Waals surface area (Å²) in [4.78, 5) is 26.5. The first-order chi connectivity index (χ1) is 10.1. The van der Waals surface area contributed by atoms with Crippen molar-refractivity contribution < 1.29 is 9.59 Å². The third-order valence-corrected chi connectivity index (χ3v) is 5.51. The molecule has 2 saturated carbocycles. The number of hydrogen-bond acceptors (Lipinski definition) is 3. The fraction of sp³-hybridized carbons (Fsp3) is 0.529. The number of aryl methyl sites for hydroxylation is 1. The molecule has 0 unspecified atom stereocenters. The van der Waals surface area contributed by atoms with Gasteiger partial charge in [-0.2, -0.15) is 0 Å². The van der Waals surface area contributed by atoms with Crippen molar-refractivity contribution in [2.45, 2.75) is 26.2 Å². The Labute approximate surface area is 124 Å². The fourth-order valence-corrected chi connectivity index (χ4v) is 4.47. The van der Waals surface area contributed by atoms with Crippen LogP contribution in [0, 0.1) is 30.6 Å². The molecule has 2 bridgehead atoms. The first-order valence-electron chi connectivity index (χ1n) is 7.81. The van der Waals surface area contributed by atoms with Gasteiger partial charge in [0.05, 0.1) is 18.5 Å². The van der Waals surface area contributed by atoms with E-state index < -0.39 is 0 Å². The second-order valence-corrected chi connectivity index (χ2v) is 6.69. The lowest BCUT2D eigenvalue weighted by atomic mass is 9.81. The number of anilines is 1. The molecule has 2 aliphatic carbocycles. The van der Waals surface area contributed by atoms with E-state index in [0.29, 0.717) is 18.5 Å². The Bertz CT molecular complexity index is 567. The first kappa shape index (κ1) is 12.9. The maximum absolute atomic E-state index is 12.5. The van der Waals surface area contributed by atoms with Crippen molar-refractivity contribution in [1.82, 2.24) is 4.90 Å². The molecule has 3 fully saturated rings. The minimum absolute atomic E-state index is 0.0175. The monoisotopic (exact) mass is 284 g/mol. The van der Waals surface area contributed by atoms with Gasteiger partial charge in [0.25, 0.3) is 0 Å². The van der Waals surface area contributed by atoms with E-state index in [0.717, 1.165) is 24.9 Å². The van der Waals surface area contributed by atoms with Gasteiger partial charge in [-0.3, -0.25) is 14.5 Å². The molecule has 3 aliphatic rings. The van der Waals surface area contributed by atoms with Crippen LogP contribution in [-0.4, -0.2) is 23.4 Å². The number of likely N-dealkylation sites (tertiary alicyclic amines) is 1. The van der Waals surface area contributed by atoms with Crippen LogP contribution in [0.25, 0.3) is 0 Å². The topological polar surface area (TPSA) is 49.4 Å². The number of fused-ring (bicyclic) bond motifs is 5. The summed E-state index contributed by atoms with van der Waals surface area (Å²) in [7, 11) is 0. The molecule has 1 aliphatic heterocycles. The van der Waals surface area contributed by atoms with Crippen LogP contribution in [0.4, 0.5) is 5.69 Å². The van der Waals surface area contributed by atoms with Crippen LogP contribution >= 0.6 is 0 Å². The molecule has 21 heavy (non-hydrogen) atoms. The maximum Gasteiger partial charge on any atom is 0.234 e. The van der Waals surface area contributed by atoms with Crippen LogP contribution < -0.4 is 5.32 Å². The SMILES string of the molecule is Cc1ccc(NCN2C(=O)[C@@H]3[C@H]4CC[C@@H](C4)[C@H]3C2=O)cc1. The van der Waals surface area contributed by atoms with Crippen LogP contribution in [0.3, 0.4) is 0 Å². The van der Waals surface area contributed by atoms with Crippen LogP contribution in [-0.2, 0) is 9.59 Å². The van der Waals surface area contributed by atoms with Crippen molar-refractivity contribution in [3.63, 3.8) is 0 Å². The summed E-state index contributed by atoms with van der Waals surface area (Å²) in [5, 5.41) is 3.20. The van der Waals surface area contributed by atoms with E-state index in [1.54, 1.807) is 0 Å². The molecule has 0 aromatic heterocycles. The zero-order valence-electron chi connectivity index (χ0n) is 12.2. The molecule has 1 saturated heterocycles. The molecule has 1 aromatic carbocycles. The smallest absolute Gasteiger partial charge is 0.234 e. The van der Waals surface area contributed by atoms with Gasteiger partial charge in [0.2, 0.25) is 11.8 Å². The van der Waals surface area contributed by atoms with Gasteiger partial charge in [-0.15, -0.1) is 0 Å². The van der Waals surface area contributed by atoms with Crippen molar-refractivity contribution in [3.05, 3.63) is 29.8 Å². The average molecular weight is 284 g/mol. The lowest BCUT2D eigenvalue weighted by Crippen LogP contribution is -2.36. The Kier molecular flexibility index (Phi) is 2.81. The van der Waals surface area contributed by atoms with E-state index in [1.165, 1.54) is 10.5 Å². The highest BCUT2D eigenvalue weighted by Crippen LogP contribution is 2.55. The number of hydrogen-bond donors (Lipinski definition) is 1. The van der Waals surface area contributed by atoms with Crippen LogP contribution in [0.2, 0.25) is 0 Å². The van der Waals surface area contributed by atoms with Crippen molar-refractivity contribution in [2.24, 2.45) is 23.7 Å². The number of rotatable bonds is 3. The number of benzene rings is 1. The number of imide groups is 1. The van der Waals surface area contributed by atoms with Gasteiger partial charge in [0.15, 0.2) is 0 Å². The van der Waals surface area contributed by atoms with Gasteiger partial charge in [-0.05, 0) is 50.2 Å². The quantitative estimate of drug-likeness (QED) is 0.867. The summed E-state index contributed by atoms with van der Waals surface area (Å²) < 4.78 is 0. The van der Waals surface area contributed by atoms with Crippen molar-refractivity contribution >= 4 is 17.5 Å². The molecule has 1 heterocycles. The Morgan fingerprint density at radius 3 is 2.19 bits per heavy atom. The van der Waals surface area contributed by atoms with Crippen LogP contribution in [0.5, 0.6) is 0 Å². The van der Waals surface area contributed by atoms with Gasteiger partial charge < -0.3 is 5.32 Å². The molecule has 2 amide bonds. The van der Waals surface area contributed by atoms with E-state index in [2.05, 4.69) is 5.32 Å². The summed E-state index contributed by atoms with van der Waals surface area (Å²) in [6, 6.07) is 7.99. The summed E-state index contributed by atoms with van der Waals surface area (Å²) in [5.41, 5.74) is 2.14. The number of amides is 2. The van der Waals surface area contributed by atoms with Crippen molar-refractivity contribution in [3.8, 4) is 0 Å². The Morgan fingerprint density at radius 1 is 1.05 bits per heavy atom. The fourth-order valence-electron chi connectivity index (χ4n) is 4.47. The number of carbonyl (C=O) groups is 2. The predicted octanol–water partition coefficient (Wildman–Crippen LogP) is 2.40. The summed E-state index contributed by atoms with van der Waals surface area (Å²) in [6.07, 6.45) is 3.35. The van der Waals surface area contributed by atoms with Crippen LogP contribution in [0.1, 0.15) is 24.8 Å². The first-order valence-corrected chi connectivity index (χ1v) is 7.81. The molecule has 4 atom stereocenters. The van der Waals surface area contributed by atoms with Gasteiger partial charge in [0, 0.05) is 5.69 Å². The summed E-state index contributed by atoms with van der Waals surface area (Å²) in [6.45, 7) is 2.33. The Morgan fingerprint density at radius 2 is 1.62 bits per heavy atom. The van der Waals surface area contributed by atoms with Gasteiger partial charge in [-0.25, -0.2) is 0 Å². The van der Waals surface area contributed by atoms with Gasteiger partial charge in [0.1, 0.15) is 0 Å². The highest BCUT2D eigenvalue weighted by molar-refractivity contribution is 6.06. The highest BCUT2D eigenvalue weighted by atomic mass is 16.2. The molecular formula is C17H20N2O2. The van der Waals surface area contributed by atoms with Crippen molar-refractivity contribution in [2.75, 3.05) is 12.0 Å². The highest BCUT2D eigenvalue weighted by Gasteiger charge is 2.60. The molecule has 0 spiro atoms. The molecule has 1 N–H and O–H groups in total. The zero-order valence-corrected chi connectivity index (χ0v) is 12.2. The predicted molar refractivity (Wildman–Crippen MR) is 79.3 cm³/mol. The number of carbonyl (C=O) groups excluding carboxylic acids is 2. The number of nitrogens with one attached hydrogen (secondary N) is 1. The minimum atomic E-state index is -0.0175.